The van der Waals surface area contributed by atoms with E-state index in [9.17, 15) is 0 Å². The van der Waals surface area contributed by atoms with Crippen LogP contribution in [0.2, 0.25) is 0 Å². The minimum atomic E-state index is -0.417. The summed E-state index contributed by atoms with van der Waals surface area (Å²) in [6, 6.07) is 3.66. The van der Waals surface area contributed by atoms with Gasteiger partial charge in [0.15, 0.2) is 0 Å². The largest absolute Gasteiger partial charge is 0.153 e. The van der Waals surface area contributed by atoms with Crippen molar-refractivity contribution in [3.05, 3.63) is 56.1 Å². The molecule has 0 unspecified atom stereocenters. The fourth-order valence-corrected chi connectivity index (χ4v) is 3.25. The van der Waals surface area contributed by atoms with Gasteiger partial charge in [0.1, 0.15) is 0 Å². The van der Waals surface area contributed by atoms with Crippen LogP contribution in [0.1, 0.15) is 50.1 Å². The summed E-state index contributed by atoms with van der Waals surface area (Å²) < 4.78 is 11.8. The molecule has 0 heterocycles. The van der Waals surface area contributed by atoms with Crippen LogP contribution >= 0.6 is 9.79 Å². The Morgan fingerprint density at radius 2 is 0.957 bits per heavy atom. The summed E-state index contributed by atoms with van der Waals surface area (Å²) in [5.74, 6) is 0. The van der Waals surface area contributed by atoms with E-state index in [-0.39, 0.29) is 32.7 Å². The Labute approximate surface area is 173 Å². The summed E-state index contributed by atoms with van der Waals surface area (Å²) in [7, 11) is -0.417. The third-order valence-corrected chi connectivity index (χ3v) is 5.62. The minimum Gasteiger partial charge on any atom is -0.153 e. The van der Waals surface area contributed by atoms with Crippen LogP contribution in [-0.2, 0) is 32.7 Å². The van der Waals surface area contributed by atoms with Crippen LogP contribution in [0.5, 0.6) is 0 Å². The van der Waals surface area contributed by atoms with Crippen molar-refractivity contribution in [3.8, 4) is 11.1 Å². The summed E-state index contributed by atoms with van der Waals surface area (Å²) in [4.78, 5) is 0. The van der Waals surface area contributed by atoms with E-state index in [1.54, 1.807) is 0 Å². The maximum absolute atomic E-state index is 5.90. The van der Waals surface area contributed by atoms with Gasteiger partial charge in [-0.05, 0) is 40.2 Å². The Morgan fingerprint density at radius 1 is 0.609 bits per heavy atom. The van der Waals surface area contributed by atoms with Crippen molar-refractivity contribution in [2.24, 2.45) is 0 Å². The third-order valence-electron chi connectivity index (χ3n) is 5.62. The first-order chi connectivity index (χ1) is 11.1. The Bertz CT molecular complexity index is 738. The molecule has 2 heteroatoms. The van der Waals surface area contributed by atoms with Gasteiger partial charge < -0.3 is 0 Å². The zero-order valence-corrected chi connectivity index (χ0v) is 19.9. The molecular weight excluding hydrogens is 372 g/mol. The van der Waals surface area contributed by atoms with Gasteiger partial charge in [-0.25, -0.2) is 0 Å². The Morgan fingerprint density at radius 3 is 1.39 bits per heavy atom. The maximum atomic E-state index is 5.90. The first kappa shape index (κ1) is 19.3. The molecule has 0 nitrogen and oxygen atoms in total. The van der Waals surface area contributed by atoms with E-state index in [0.29, 0.717) is 0 Å². The molecule has 2 aromatic carbocycles. The SMILES string of the molecule is Cc1[c-]c(-c2c(C)c(C)c(C)c(C)c2C)c(C)c(C)c1C.[3H]P[3H].[Y]. The molecule has 123 valence electrons. The van der Waals surface area contributed by atoms with E-state index < -0.39 is 9.79 Å². The second-order valence-electron chi connectivity index (χ2n) is 6.50. The predicted octanol–water partition coefficient (Wildman–Crippen LogP) is 5.99. The topological polar surface area (TPSA) is 0 Å². The Balaban J connectivity index is 0.00000134. The standard InChI is InChI=1S/C21H27.H3P.Y/c1-11-10-20(17(7)13(3)12(11)2)21-18(8)15(5)14(4)16(6)19(21)9;;/h1-9H3;1H3;/q-1;;/i;1T2;. The van der Waals surface area contributed by atoms with Crippen molar-refractivity contribution in [2.75, 3.05) is 0 Å². The van der Waals surface area contributed by atoms with Crippen molar-refractivity contribution in [3.63, 3.8) is 0 Å². The second kappa shape index (κ2) is 8.37. The molecule has 0 saturated carbocycles. The predicted molar refractivity (Wildman–Crippen MR) is 104 cm³/mol. The van der Waals surface area contributed by atoms with Crippen LogP contribution in [0.4, 0.5) is 0 Å². The normalized spacial score (nSPS) is 11.0. The van der Waals surface area contributed by atoms with Crippen molar-refractivity contribution in [1.82, 2.24) is 0 Å². The molecule has 0 fully saturated rings. The van der Waals surface area contributed by atoms with Gasteiger partial charge in [-0.15, -0.1) is 33.9 Å². The van der Waals surface area contributed by atoms with Crippen LogP contribution in [0.25, 0.3) is 11.1 Å². The van der Waals surface area contributed by atoms with Crippen molar-refractivity contribution in [1.29, 1.82) is 2.56 Å². The summed E-state index contributed by atoms with van der Waals surface area (Å²) in [5, 5.41) is 0. The summed E-state index contributed by atoms with van der Waals surface area (Å²) in [5.41, 5.74) is 15.1. The molecule has 2 rings (SSSR count). The monoisotopic (exact) mass is 406 g/mol. The van der Waals surface area contributed by atoms with Crippen LogP contribution in [0.3, 0.4) is 0 Å². The average molecular weight is 406 g/mol. The van der Waals surface area contributed by atoms with Gasteiger partial charge >= 0.3 is 0 Å². The quantitative estimate of drug-likeness (QED) is 0.403. The number of hydrogen-bond acceptors (Lipinski definition) is 0. The molecule has 2 aromatic rings. The van der Waals surface area contributed by atoms with Crippen molar-refractivity contribution >= 4 is 9.79 Å². The molecule has 0 aromatic heterocycles. The summed E-state index contributed by atoms with van der Waals surface area (Å²) in [6.45, 7) is 20.0. The zero-order chi connectivity index (χ0) is 18.8. The van der Waals surface area contributed by atoms with Gasteiger partial charge in [0, 0.05) is 32.7 Å². The van der Waals surface area contributed by atoms with Crippen LogP contribution in [0, 0.1) is 68.4 Å². The molecule has 0 spiro atoms. The van der Waals surface area contributed by atoms with Crippen LogP contribution in [0.15, 0.2) is 0 Å². The second-order valence-corrected chi connectivity index (χ2v) is 6.50. The third kappa shape index (κ3) is 3.81. The van der Waals surface area contributed by atoms with E-state index in [2.05, 4.69) is 68.4 Å². The number of rotatable bonds is 1. The first-order valence-corrected chi connectivity index (χ1v) is 7.75. The van der Waals surface area contributed by atoms with Gasteiger partial charge in [-0.1, -0.05) is 55.5 Å². The fourth-order valence-electron chi connectivity index (χ4n) is 3.25. The molecule has 0 N–H and O–H groups in total. The molecule has 0 bridgehead atoms. The molecule has 1 radical (unpaired) electrons. The van der Waals surface area contributed by atoms with E-state index in [0.717, 1.165) is 0 Å². The average Bonchev–Trinajstić information content (AvgIpc) is 2.54. The Hall–Kier alpha value is -0.0261. The first-order valence-electron chi connectivity index (χ1n) is 8.75. The van der Waals surface area contributed by atoms with Crippen LogP contribution in [-0.4, -0.2) is 2.56 Å². The summed E-state index contributed by atoms with van der Waals surface area (Å²) in [6.07, 6.45) is 0. The van der Waals surface area contributed by atoms with Gasteiger partial charge in [-0.3, -0.25) is 0 Å². The molecule has 23 heavy (non-hydrogen) atoms. The van der Waals surface area contributed by atoms with Crippen LogP contribution < -0.4 is 0 Å². The number of aryl methyl sites for hydroxylation is 1. The molecular formula is C21H30PY-. The zero-order valence-electron chi connectivity index (χ0n) is 18.1. The van der Waals surface area contributed by atoms with Gasteiger partial charge in [0.25, 0.3) is 0 Å². The number of hydrogen-bond donors (Lipinski definition) is 0. The van der Waals surface area contributed by atoms with E-state index in [4.69, 9.17) is 2.56 Å². The molecule has 0 aliphatic carbocycles. The maximum Gasteiger partial charge on any atom is 0.0511 e. The molecule has 0 aliphatic heterocycles. The molecule has 0 amide bonds. The molecule has 0 atom stereocenters. The molecule has 0 aliphatic rings. The minimum absolute atomic E-state index is 0. The van der Waals surface area contributed by atoms with Crippen molar-refractivity contribution < 1.29 is 32.7 Å². The smallest absolute Gasteiger partial charge is 0.0511 e. The summed E-state index contributed by atoms with van der Waals surface area (Å²) >= 11 is 0. The number of benzene rings is 2. The fraction of sp³-hybridized carbons (Fsp3) is 0.429. The van der Waals surface area contributed by atoms with E-state index >= 15 is 0 Å². The van der Waals surface area contributed by atoms with E-state index in [1.165, 1.54) is 61.2 Å². The van der Waals surface area contributed by atoms with Gasteiger partial charge in [-0.2, -0.15) is 9.79 Å². The van der Waals surface area contributed by atoms with Gasteiger partial charge in [0.2, 0.25) is 0 Å². The van der Waals surface area contributed by atoms with E-state index in [1.807, 2.05) is 0 Å². The van der Waals surface area contributed by atoms with Crippen molar-refractivity contribution in [2.45, 2.75) is 62.3 Å². The Kier molecular flexibility index (Phi) is 7.03. The van der Waals surface area contributed by atoms with Gasteiger partial charge in [0.05, 0.1) is 2.56 Å². The molecule has 0 saturated heterocycles.